The van der Waals surface area contributed by atoms with Crippen LogP contribution in [-0.2, 0) is 6.42 Å². The monoisotopic (exact) mass is 246 g/mol. The van der Waals surface area contributed by atoms with Crippen molar-refractivity contribution < 1.29 is 0 Å². The standard InChI is InChI=1S/C14H15ClN2/c1-3-11-9-16-14(15)8-13(11)17-12-6-4-5-10(2)7-12/h4-9H,3H2,1-2H3,(H,16,17). The first kappa shape index (κ1) is 11.9. The predicted molar refractivity (Wildman–Crippen MR) is 73.1 cm³/mol. The highest BCUT2D eigenvalue weighted by Gasteiger charge is 2.03. The van der Waals surface area contributed by atoms with Gasteiger partial charge in [-0.3, -0.25) is 0 Å². The molecule has 0 spiro atoms. The number of aromatic nitrogens is 1. The Hall–Kier alpha value is -1.54. The molecule has 2 nitrogen and oxygen atoms in total. The number of hydrogen-bond donors (Lipinski definition) is 1. The fourth-order valence-corrected chi connectivity index (χ4v) is 1.89. The van der Waals surface area contributed by atoms with Gasteiger partial charge in [0.25, 0.3) is 0 Å². The van der Waals surface area contributed by atoms with Gasteiger partial charge in [-0.25, -0.2) is 4.98 Å². The van der Waals surface area contributed by atoms with E-state index in [1.807, 2.05) is 24.4 Å². The fourth-order valence-electron chi connectivity index (χ4n) is 1.73. The molecule has 17 heavy (non-hydrogen) atoms. The van der Waals surface area contributed by atoms with Crippen LogP contribution in [0.15, 0.2) is 36.5 Å². The molecule has 0 saturated carbocycles. The first-order valence-corrected chi connectivity index (χ1v) is 6.05. The van der Waals surface area contributed by atoms with Crippen molar-refractivity contribution in [3.8, 4) is 0 Å². The van der Waals surface area contributed by atoms with Crippen molar-refractivity contribution in [3.05, 3.63) is 52.8 Å². The molecular weight excluding hydrogens is 232 g/mol. The normalized spacial score (nSPS) is 10.3. The van der Waals surface area contributed by atoms with Crippen molar-refractivity contribution in [2.24, 2.45) is 0 Å². The lowest BCUT2D eigenvalue weighted by atomic mass is 10.1. The average Bonchev–Trinajstić information content (AvgIpc) is 2.29. The highest BCUT2D eigenvalue weighted by molar-refractivity contribution is 6.29. The van der Waals surface area contributed by atoms with Gasteiger partial charge in [-0.2, -0.15) is 0 Å². The minimum Gasteiger partial charge on any atom is -0.355 e. The summed E-state index contributed by atoms with van der Waals surface area (Å²) in [5, 5.41) is 3.89. The zero-order chi connectivity index (χ0) is 12.3. The van der Waals surface area contributed by atoms with Crippen LogP contribution in [0.3, 0.4) is 0 Å². The van der Waals surface area contributed by atoms with E-state index in [1.54, 1.807) is 0 Å². The summed E-state index contributed by atoms with van der Waals surface area (Å²) >= 11 is 5.92. The Morgan fingerprint density at radius 2 is 2.12 bits per heavy atom. The van der Waals surface area contributed by atoms with E-state index in [9.17, 15) is 0 Å². The van der Waals surface area contributed by atoms with Crippen molar-refractivity contribution in [3.63, 3.8) is 0 Å². The van der Waals surface area contributed by atoms with Crippen LogP contribution in [0.5, 0.6) is 0 Å². The maximum absolute atomic E-state index is 5.92. The summed E-state index contributed by atoms with van der Waals surface area (Å²) in [5.74, 6) is 0. The Kier molecular flexibility index (Phi) is 3.64. The van der Waals surface area contributed by atoms with E-state index in [0.717, 1.165) is 23.4 Å². The van der Waals surface area contributed by atoms with E-state index in [4.69, 9.17) is 11.6 Å². The van der Waals surface area contributed by atoms with E-state index < -0.39 is 0 Å². The lowest BCUT2D eigenvalue weighted by Gasteiger charge is -2.11. The van der Waals surface area contributed by atoms with Gasteiger partial charge in [0.2, 0.25) is 0 Å². The summed E-state index contributed by atoms with van der Waals surface area (Å²) in [7, 11) is 0. The van der Waals surface area contributed by atoms with E-state index >= 15 is 0 Å². The maximum atomic E-state index is 5.92. The third-order valence-electron chi connectivity index (χ3n) is 2.63. The van der Waals surface area contributed by atoms with Crippen LogP contribution in [0, 0.1) is 6.92 Å². The minimum atomic E-state index is 0.511. The quantitative estimate of drug-likeness (QED) is 0.815. The second-order valence-electron chi connectivity index (χ2n) is 4.01. The fraction of sp³-hybridized carbons (Fsp3) is 0.214. The molecule has 0 bridgehead atoms. The van der Waals surface area contributed by atoms with Crippen LogP contribution in [0.4, 0.5) is 11.4 Å². The first-order chi connectivity index (χ1) is 8.19. The number of benzene rings is 1. The molecule has 0 radical (unpaired) electrons. The molecule has 2 rings (SSSR count). The summed E-state index contributed by atoms with van der Waals surface area (Å²) in [5.41, 5.74) is 4.49. The number of anilines is 2. The van der Waals surface area contributed by atoms with Crippen LogP contribution in [0.2, 0.25) is 5.15 Å². The largest absolute Gasteiger partial charge is 0.355 e. The van der Waals surface area contributed by atoms with Gasteiger partial charge in [0.1, 0.15) is 5.15 Å². The Balaban J connectivity index is 2.32. The van der Waals surface area contributed by atoms with Gasteiger partial charge in [-0.05, 0) is 42.7 Å². The van der Waals surface area contributed by atoms with E-state index in [1.165, 1.54) is 5.56 Å². The van der Waals surface area contributed by atoms with Crippen molar-refractivity contribution in [2.75, 3.05) is 5.32 Å². The van der Waals surface area contributed by atoms with E-state index in [2.05, 4.69) is 36.3 Å². The van der Waals surface area contributed by atoms with E-state index in [-0.39, 0.29) is 0 Å². The van der Waals surface area contributed by atoms with Crippen LogP contribution in [0.25, 0.3) is 0 Å². The molecule has 1 N–H and O–H groups in total. The number of hydrogen-bond acceptors (Lipinski definition) is 2. The molecule has 0 fully saturated rings. The van der Waals surface area contributed by atoms with Crippen LogP contribution >= 0.6 is 11.6 Å². The number of nitrogens with zero attached hydrogens (tertiary/aromatic N) is 1. The summed E-state index contributed by atoms with van der Waals surface area (Å²) in [6.45, 7) is 4.18. The minimum absolute atomic E-state index is 0.511. The number of rotatable bonds is 3. The number of aryl methyl sites for hydroxylation is 2. The van der Waals surface area contributed by atoms with Crippen LogP contribution in [-0.4, -0.2) is 4.98 Å². The second kappa shape index (κ2) is 5.19. The molecule has 0 aliphatic carbocycles. The van der Waals surface area contributed by atoms with Gasteiger partial charge in [0.15, 0.2) is 0 Å². The zero-order valence-corrected chi connectivity index (χ0v) is 10.8. The molecule has 2 aromatic rings. The molecule has 1 aromatic heterocycles. The summed E-state index contributed by atoms with van der Waals surface area (Å²) in [6.07, 6.45) is 2.75. The summed E-state index contributed by atoms with van der Waals surface area (Å²) < 4.78 is 0. The Bertz CT molecular complexity index is 523. The summed E-state index contributed by atoms with van der Waals surface area (Å²) in [6, 6.07) is 10.1. The zero-order valence-electron chi connectivity index (χ0n) is 10.00. The molecule has 0 unspecified atom stereocenters. The lowest BCUT2D eigenvalue weighted by molar-refractivity contribution is 1.10. The SMILES string of the molecule is CCc1cnc(Cl)cc1Nc1cccc(C)c1. The van der Waals surface area contributed by atoms with Gasteiger partial charge in [-0.15, -0.1) is 0 Å². The summed E-state index contributed by atoms with van der Waals surface area (Å²) in [4.78, 5) is 4.10. The molecule has 0 aliphatic heterocycles. The smallest absolute Gasteiger partial charge is 0.131 e. The molecule has 1 heterocycles. The molecule has 0 saturated heterocycles. The molecule has 0 atom stereocenters. The highest BCUT2D eigenvalue weighted by Crippen LogP contribution is 2.23. The number of nitrogens with one attached hydrogen (secondary N) is 1. The molecule has 88 valence electrons. The highest BCUT2D eigenvalue weighted by atomic mass is 35.5. The maximum Gasteiger partial charge on any atom is 0.131 e. The Morgan fingerprint density at radius 1 is 1.29 bits per heavy atom. The topological polar surface area (TPSA) is 24.9 Å². The van der Waals surface area contributed by atoms with Gasteiger partial charge in [0, 0.05) is 17.6 Å². The van der Waals surface area contributed by atoms with Gasteiger partial charge < -0.3 is 5.32 Å². The van der Waals surface area contributed by atoms with Crippen LogP contribution in [0.1, 0.15) is 18.1 Å². The van der Waals surface area contributed by atoms with Gasteiger partial charge >= 0.3 is 0 Å². The predicted octanol–water partition coefficient (Wildman–Crippen LogP) is 4.35. The lowest BCUT2D eigenvalue weighted by Crippen LogP contribution is -1.96. The molecule has 3 heteroatoms. The van der Waals surface area contributed by atoms with Crippen molar-refractivity contribution in [1.29, 1.82) is 0 Å². The first-order valence-electron chi connectivity index (χ1n) is 5.67. The van der Waals surface area contributed by atoms with Crippen molar-refractivity contribution >= 4 is 23.0 Å². The van der Waals surface area contributed by atoms with Gasteiger partial charge in [0.05, 0.1) is 0 Å². The number of halogens is 1. The third-order valence-corrected chi connectivity index (χ3v) is 2.84. The second-order valence-corrected chi connectivity index (χ2v) is 4.40. The average molecular weight is 247 g/mol. The van der Waals surface area contributed by atoms with E-state index in [0.29, 0.717) is 5.15 Å². The third kappa shape index (κ3) is 2.98. The van der Waals surface area contributed by atoms with Crippen LogP contribution < -0.4 is 5.32 Å². The molecular formula is C14H15ClN2. The molecule has 1 aromatic carbocycles. The molecule has 0 amide bonds. The van der Waals surface area contributed by atoms with Crippen molar-refractivity contribution in [2.45, 2.75) is 20.3 Å². The van der Waals surface area contributed by atoms with Crippen molar-refractivity contribution in [1.82, 2.24) is 4.98 Å². The Morgan fingerprint density at radius 3 is 2.82 bits per heavy atom. The molecule has 0 aliphatic rings. The Labute approximate surface area is 107 Å². The number of pyridine rings is 1. The van der Waals surface area contributed by atoms with Gasteiger partial charge in [-0.1, -0.05) is 30.7 Å².